The van der Waals surface area contributed by atoms with Crippen molar-refractivity contribution in [2.75, 3.05) is 0 Å². The van der Waals surface area contributed by atoms with Gasteiger partial charge < -0.3 is 10.2 Å². The molecule has 0 aromatic rings. The summed E-state index contributed by atoms with van der Waals surface area (Å²) >= 11 is 0. The van der Waals surface area contributed by atoms with E-state index in [1.165, 1.54) is 0 Å². The van der Waals surface area contributed by atoms with E-state index in [1.54, 1.807) is 0 Å². The third kappa shape index (κ3) is 1340. The molecule has 60 valence electrons. The van der Waals surface area contributed by atoms with E-state index in [9.17, 15) is 0 Å². The van der Waals surface area contributed by atoms with E-state index < -0.39 is 11.9 Å². The van der Waals surface area contributed by atoms with Gasteiger partial charge in [0.25, 0.3) is 11.9 Å². The van der Waals surface area contributed by atoms with Crippen molar-refractivity contribution >= 4 is 61.7 Å². The standard InChI is InChI=1S/2C2H4O2.In.Sn.5H/c2*1-2(3)4;;;;;;;/h2*1H3,(H,3,4);;;;;;;. The number of aliphatic carboxylic acids is 2. The topological polar surface area (TPSA) is 74.6 Å². The molecule has 0 heterocycles. The zero-order valence-corrected chi connectivity index (χ0v) is 9.45. The molecule has 6 heteroatoms. The maximum atomic E-state index is 9.00. The number of carbonyl (C=O) groups is 2. The van der Waals surface area contributed by atoms with Crippen molar-refractivity contribution in [2.24, 2.45) is 0 Å². The van der Waals surface area contributed by atoms with Crippen LogP contribution in [-0.2, 0) is 9.59 Å². The molecule has 0 aliphatic rings. The zero-order chi connectivity index (χ0) is 7.15. The molecule has 0 aromatic carbocycles. The van der Waals surface area contributed by atoms with E-state index in [0.29, 0.717) is 0 Å². The summed E-state index contributed by atoms with van der Waals surface area (Å²) in [4.78, 5) is 18.0. The van der Waals surface area contributed by atoms with Gasteiger partial charge in [-0.2, -0.15) is 0 Å². The van der Waals surface area contributed by atoms with Crippen LogP contribution >= 0.6 is 0 Å². The molecule has 0 unspecified atom stereocenters. The third-order valence-corrected chi connectivity index (χ3v) is 0. The minimum atomic E-state index is -0.833. The second-order valence-corrected chi connectivity index (χ2v) is 1.04. The van der Waals surface area contributed by atoms with Crippen LogP contribution in [0.5, 0.6) is 0 Å². The summed E-state index contributed by atoms with van der Waals surface area (Å²) in [6.45, 7) is 2.17. The molecule has 0 amide bonds. The second-order valence-electron chi connectivity index (χ2n) is 1.04. The van der Waals surface area contributed by atoms with Gasteiger partial charge in [-0.15, -0.1) is 0 Å². The predicted octanol–water partition coefficient (Wildman–Crippen LogP) is -1.92. The fraction of sp³-hybridized carbons (Fsp3) is 0.500. The first-order valence-electron chi connectivity index (χ1n) is 1.86. The van der Waals surface area contributed by atoms with E-state index in [0.717, 1.165) is 13.8 Å². The van der Waals surface area contributed by atoms with Crippen LogP contribution in [0.2, 0.25) is 0 Å². The Hall–Kier alpha value is 0.609. The Morgan fingerprint density at radius 2 is 1.00 bits per heavy atom. The van der Waals surface area contributed by atoms with Crippen molar-refractivity contribution in [2.45, 2.75) is 13.8 Å². The molecular formula is C4H13InO4Sn. The van der Waals surface area contributed by atoms with Crippen LogP contribution in [0.25, 0.3) is 0 Å². The summed E-state index contributed by atoms with van der Waals surface area (Å²) in [7, 11) is 0. The number of carboxylic acid groups (broad SMARTS) is 2. The monoisotopic (exact) mass is 360 g/mol. The molecule has 0 saturated carbocycles. The molecule has 0 aliphatic heterocycles. The van der Waals surface area contributed by atoms with Gasteiger partial charge in [0.1, 0.15) is 0 Å². The molecule has 0 fully saturated rings. The Labute approximate surface area is 94.7 Å². The Morgan fingerprint density at radius 1 is 1.00 bits per heavy atom. The number of carboxylic acids is 2. The van der Waals surface area contributed by atoms with Gasteiger partial charge in [-0.05, 0) is 0 Å². The van der Waals surface area contributed by atoms with Crippen molar-refractivity contribution in [1.82, 2.24) is 0 Å². The zero-order valence-electron chi connectivity index (χ0n) is 5.42. The summed E-state index contributed by atoms with van der Waals surface area (Å²) in [6, 6.07) is 0. The first-order chi connectivity index (χ1) is 3.46. The Bertz CT molecular complexity index is 75.3. The van der Waals surface area contributed by atoms with Gasteiger partial charge in [0.05, 0.1) is 0 Å². The molecule has 2 N–H and O–H groups in total. The quantitative estimate of drug-likeness (QED) is 0.495. The van der Waals surface area contributed by atoms with Crippen molar-refractivity contribution in [3.63, 3.8) is 0 Å². The molecule has 0 saturated heterocycles. The number of rotatable bonds is 0. The fourth-order valence-corrected chi connectivity index (χ4v) is 0. The molecule has 4 nitrogen and oxygen atoms in total. The van der Waals surface area contributed by atoms with Gasteiger partial charge in [0.2, 0.25) is 0 Å². The molecule has 0 atom stereocenters. The van der Waals surface area contributed by atoms with Gasteiger partial charge in [0, 0.05) is 13.8 Å². The van der Waals surface area contributed by atoms with Crippen LogP contribution in [0.3, 0.4) is 0 Å². The van der Waals surface area contributed by atoms with Gasteiger partial charge in [-0.25, -0.2) is 0 Å². The van der Waals surface area contributed by atoms with Crippen molar-refractivity contribution in [3.8, 4) is 0 Å². The summed E-state index contributed by atoms with van der Waals surface area (Å²) in [6.07, 6.45) is 0. The molecule has 0 bridgehead atoms. The maximum absolute atomic E-state index is 9.00. The van der Waals surface area contributed by atoms with Crippen LogP contribution in [-0.4, -0.2) is 71.9 Å². The molecule has 0 aromatic heterocycles. The minimum absolute atomic E-state index is 0. The van der Waals surface area contributed by atoms with E-state index in [4.69, 9.17) is 19.8 Å². The number of hydrogen-bond acceptors (Lipinski definition) is 2. The molecule has 0 spiro atoms. The third-order valence-electron chi connectivity index (χ3n) is 0. The molecule has 2 radical (unpaired) electrons. The fourth-order valence-electron chi connectivity index (χ4n) is 0. The average Bonchev–Trinajstić information content (AvgIpc) is 1.25. The summed E-state index contributed by atoms with van der Waals surface area (Å²) in [5, 5.41) is 14.8. The Balaban J connectivity index is -0.0000000300. The van der Waals surface area contributed by atoms with E-state index >= 15 is 0 Å². The predicted molar refractivity (Wildman–Crippen MR) is 45.1 cm³/mol. The average molecular weight is 359 g/mol. The molecular weight excluding hydrogens is 346 g/mol. The van der Waals surface area contributed by atoms with Gasteiger partial charge in [-0.1, -0.05) is 0 Å². The first kappa shape index (κ1) is 22.4. The molecule has 0 rings (SSSR count). The molecule has 0 aliphatic carbocycles. The van der Waals surface area contributed by atoms with Crippen molar-refractivity contribution in [3.05, 3.63) is 0 Å². The van der Waals surface area contributed by atoms with Gasteiger partial charge in [-0.3, -0.25) is 9.59 Å². The SMILES string of the molecule is CC(=O)O.CC(=O)O.[InH3].[SnH2]. The van der Waals surface area contributed by atoms with E-state index in [1.807, 2.05) is 0 Å². The molecule has 10 heavy (non-hydrogen) atoms. The normalized spacial score (nSPS) is 5.00. The first-order valence-corrected chi connectivity index (χ1v) is 1.86. The van der Waals surface area contributed by atoms with E-state index in [2.05, 4.69) is 0 Å². The van der Waals surface area contributed by atoms with Crippen molar-refractivity contribution in [1.29, 1.82) is 0 Å². The van der Waals surface area contributed by atoms with Crippen LogP contribution in [0.1, 0.15) is 13.8 Å². The summed E-state index contributed by atoms with van der Waals surface area (Å²) < 4.78 is 0. The van der Waals surface area contributed by atoms with Crippen LogP contribution in [0, 0.1) is 0 Å². The summed E-state index contributed by atoms with van der Waals surface area (Å²) in [5.41, 5.74) is 0. The van der Waals surface area contributed by atoms with Gasteiger partial charge in [0.15, 0.2) is 0 Å². The van der Waals surface area contributed by atoms with E-state index in [-0.39, 0.29) is 49.8 Å². The van der Waals surface area contributed by atoms with Crippen LogP contribution in [0.15, 0.2) is 0 Å². The van der Waals surface area contributed by atoms with Crippen LogP contribution < -0.4 is 0 Å². The summed E-state index contributed by atoms with van der Waals surface area (Å²) in [5.74, 6) is -1.67. The number of hydrogen-bond donors (Lipinski definition) is 2. The Kier molecular flexibility index (Phi) is 36.6. The van der Waals surface area contributed by atoms with Crippen LogP contribution in [0.4, 0.5) is 0 Å². The van der Waals surface area contributed by atoms with Crippen molar-refractivity contribution < 1.29 is 19.8 Å². The van der Waals surface area contributed by atoms with Gasteiger partial charge >= 0.3 is 49.8 Å². The Morgan fingerprint density at radius 3 is 1.00 bits per heavy atom. The second kappa shape index (κ2) is 16.3.